The fourth-order valence-corrected chi connectivity index (χ4v) is 5.46. The molecule has 9 nitrogen and oxygen atoms in total. The van der Waals surface area contributed by atoms with Crippen LogP contribution in [0.2, 0.25) is 0 Å². The fraction of sp³-hybridized carbons (Fsp3) is 0.647. The van der Waals surface area contributed by atoms with Crippen molar-refractivity contribution in [3.05, 3.63) is 22.1 Å². The van der Waals surface area contributed by atoms with Crippen molar-refractivity contribution in [2.75, 3.05) is 30.9 Å². The van der Waals surface area contributed by atoms with Gasteiger partial charge in [0.15, 0.2) is 15.0 Å². The summed E-state index contributed by atoms with van der Waals surface area (Å²) in [5.41, 5.74) is -0.170. The van der Waals surface area contributed by atoms with Gasteiger partial charge in [0.05, 0.1) is 36.5 Å². The third-order valence-electron chi connectivity index (χ3n) is 4.19. The highest BCUT2D eigenvalue weighted by Crippen LogP contribution is 2.21. The fourth-order valence-electron chi connectivity index (χ4n) is 2.94. The summed E-state index contributed by atoms with van der Waals surface area (Å²) in [7, 11) is -1.86. The second-order valence-electron chi connectivity index (χ2n) is 7.08. The van der Waals surface area contributed by atoms with E-state index in [2.05, 4.69) is 14.7 Å². The van der Waals surface area contributed by atoms with E-state index in [1.54, 1.807) is 4.90 Å². The summed E-state index contributed by atoms with van der Waals surface area (Å²) in [4.78, 5) is 44.2. The Bertz CT molecular complexity index is 881. The average Bonchev–Trinajstić information content (AvgIpc) is 2.96. The molecule has 11 heteroatoms. The number of hydrogen-bond acceptors (Lipinski definition) is 8. The molecule has 1 aliphatic rings. The van der Waals surface area contributed by atoms with E-state index in [-0.39, 0.29) is 52.4 Å². The van der Waals surface area contributed by atoms with E-state index in [1.807, 2.05) is 13.8 Å². The Morgan fingerprint density at radius 3 is 2.71 bits per heavy atom. The average molecular weight is 432 g/mol. The SMILES string of the molecule is COC(=O)Cc1cc(=O)[nH]c(SCC(=O)N(CC(C)C)[C@@H]2CCS(=O)(=O)C2)n1. The van der Waals surface area contributed by atoms with E-state index in [0.717, 1.165) is 11.8 Å². The van der Waals surface area contributed by atoms with Gasteiger partial charge in [-0.25, -0.2) is 13.4 Å². The summed E-state index contributed by atoms with van der Waals surface area (Å²) >= 11 is 1.05. The Kier molecular flexibility index (Phi) is 7.64. The van der Waals surface area contributed by atoms with Gasteiger partial charge in [-0.15, -0.1) is 0 Å². The number of ether oxygens (including phenoxy) is 1. The molecule has 28 heavy (non-hydrogen) atoms. The van der Waals surface area contributed by atoms with Crippen LogP contribution in [0.3, 0.4) is 0 Å². The van der Waals surface area contributed by atoms with E-state index in [9.17, 15) is 22.8 Å². The predicted octanol–water partition coefficient (Wildman–Crippen LogP) is 0.249. The topological polar surface area (TPSA) is 126 Å². The lowest BCUT2D eigenvalue weighted by Gasteiger charge is -2.29. The van der Waals surface area contributed by atoms with Crippen LogP contribution in [0.25, 0.3) is 0 Å². The third-order valence-corrected chi connectivity index (χ3v) is 6.80. The monoisotopic (exact) mass is 431 g/mol. The second-order valence-corrected chi connectivity index (χ2v) is 10.3. The molecule has 1 aromatic heterocycles. The van der Waals surface area contributed by atoms with Gasteiger partial charge in [-0.1, -0.05) is 25.6 Å². The first kappa shape index (κ1) is 22.4. The molecule has 0 bridgehead atoms. The maximum absolute atomic E-state index is 12.8. The van der Waals surface area contributed by atoms with Gasteiger partial charge in [-0.2, -0.15) is 0 Å². The zero-order valence-electron chi connectivity index (χ0n) is 16.1. The third kappa shape index (κ3) is 6.62. The molecule has 1 fully saturated rings. The van der Waals surface area contributed by atoms with Gasteiger partial charge in [-0.3, -0.25) is 14.4 Å². The van der Waals surface area contributed by atoms with Crippen LogP contribution in [0.5, 0.6) is 0 Å². The number of aromatic amines is 1. The van der Waals surface area contributed by atoms with Crippen molar-refractivity contribution in [3.8, 4) is 0 Å². The molecule has 2 heterocycles. The number of sulfone groups is 1. The van der Waals surface area contributed by atoms with Crippen molar-refractivity contribution in [3.63, 3.8) is 0 Å². The van der Waals surface area contributed by atoms with E-state index in [1.165, 1.54) is 13.2 Å². The summed E-state index contributed by atoms with van der Waals surface area (Å²) < 4.78 is 28.1. The second kappa shape index (κ2) is 9.55. The predicted molar refractivity (Wildman–Crippen MR) is 105 cm³/mol. The van der Waals surface area contributed by atoms with Crippen LogP contribution in [-0.2, 0) is 30.6 Å². The molecule has 156 valence electrons. The van der Waals surface area contributed by atoms with Gasteiger partial charge in [0.2, 0.25) is 5.91 Å². The molecule has 0 aliphatic carbocycles. The number of carbonyl (C=O) groups is 2. The molecule has 0 unspecified atom stereocenters. The number of hydrogen-bond donors (Lipinski definition) is 1. The van der Waals surface area contributed by atoms with Crippen molar-refractivity contribution < 1.29 is 22.7 Å². The first-order valence-corrected chi connectivity index (χ1v) is 11.7. The molecule has 0 radical (unpaired) electrons. The van der Waals surface area contributed by atoms with Crippen molar-refractivity contribution in [2.24, 2.45) is 5.92 Å². The number of nitrogens with zero attached hydrogens (tertiary/aromatic N) is 2. The standard InChI is InChI=1S/C17H25N3O6S2/c1-11(2)8-20(13-4-5-28(24,25)10-13)15(22)9-27-17-18-12(6-14(21)19-17)7-16(23)26-3/h6,11,13H,4-5,7-10H2,1-3H3,(H,18,19,21)/t13-/m1/s1. The van der Waals surface area contributed by atoms with E-state index >= 15 is 0 Å². The summed E-state index contributed by atoms with van der Waals surface area (Å²) in [6.07, 6.45) is 0.302. The summed E-state index contributed by atoms with van der Waals surface area (Å²) in [5, 5.41) is 0.225. The van der Waals surface area contributed by atoms with Crippen LogP contribution in [0.4, 0.5) is 0 Å². The molecule has 1 amide bonds. The van der Waals surface area contributed by atoms with Crippen LogP contribution in [0.1, 0.15) is 26.0 Å². The maximum Gasteiger partial charge on any atom is 0.311 e. The number of esters is 1. The first-order valence-electron chi connectivity index (χ1n) is 8.89. The minimum Gasteiger partial charge on any atom is -0.469 e. The molecule has 0 saturated carbocycles. The van der Waals surface area contributed by atoms with Crippen LogP contribution >= 0.6 is 11.8 Å². The number of carbonyl (C=O) groups excluding carboxylic acids is 2. The van der Waals surface area contributed by atoms with Gasteiger partial charge < -0.3 is 14.6 Å². The number of aromatic nitrogens is 2. The van der Waals surface area contributed by atoms with Gasteiger partial charge in [0.25, 0.3) is 5.56 Å². The van der Waals surface area contributed by atoms with Crippen molar-refractivity contribution in [2.45, 2.75) is 37.9 Å². The van der Waals surface area contributed by atoms with Crippen LogP contribution in [0, 0.1) is 5.92 Å². The van der Waals surface area contributed by atoms with E-state index in [4.69, 9.17) is 0 Å². The minimum atomic E-state index is -3.11. The highest BCUT2D eigenvalue weighted by atomic mass is 32.2. The van der Waals surface area contributed by atoms with Crippen molar-refractivity contribution in [1.29, 1.82) is 0 Å². The van der Waals surface area contributed by atoms with Crippen LogP contribution < -0.4 is 5.56 Å². The lowest BCUT2D eigenvalue weighted by Crippen LogP contribution is -2.44. The van der Waals surface area contributed by atoms with E-state index < -0.39 is 21.4 Å². The highest BCUT2D eigenvalue weighted by molar-refractivity contribution is 7.99. The summed E-state index contributed by atoms with van der Waals surface area (Å²) in [5.74, 6) is -0.443. The Morgan fingerprint density at radius 1 is 1.43 bits per heavy atom. The first-order chi connectivity index (χ1) is 13.1. The van der Waals surface area contributed by atoms with Gasteiger partial charge in [-0.05, 0) is 12.3 Å². The molecule has 1 N–H and O–H groups in total. The molecule has 1 atom stereocenters. The van der Waals surface area contributed by atoms with Gasteiger partial charge in [0.1, 0.15) is 0 Å². The molecule has 0 spiro atoms. The lowest BCUT2D eigenvalue weighted by atomic mass is 10.1. The van der Waals surface area contributed by atoms with Gasteiger partial charge in [0, 0.05) is 18.7 Å². The molecule has 1 aliphatic heterocycles. The Labute approximate surface area is 168 Å². The van der Waals surface area contributed by atoms with Crippen molar-refractivity contribution >= 4 is 33.5 Å². The van der Waals surface area contributed by atoms with Crippen molar-refractivity contribution in [1.82, 2.24) is 14.9 Å². The molecule has 1 saturated heterocycles. The largest absolute Gasteiger partial charge is 0.469 e. The number of H-pyrrole nitrogens is 1. The van der Waals surface area contributed by atoms with Gasteiger partial charge >= 0.3 is 5.97 Å². The lowest BCUT2D eigenvalue weighted by molar-refractivity contribution is -0.139. The van der Waals surface area contributed by atoms with Crippen LogP contribution in [0.15, 0.2) is 16.0 Å². The minimum absolute atomic E-state index is 0.00782. The Hall–Kier alpha value is -1.88. The maximum atomic E-state index is 12.8. The summed E-state index contributed by atoms with van der Waals surface area (Å²) in [6, 6.07) is 0.884. The molecular formula is C17H25N3O6S2. The quantitative estimate of drug-likeness (QED) is 0.353. The molecule has 1 aromatic rings. The Morgan fingerprint density at radius 2 is 2.14 bits per heavy atom. The van der Waals surface area contributed by atoms with E-state index in [0.29, 0.717) is 13.0 Å². The normalized spacial score (nSPS) is 18.2. The molecular weight excluding hydrogens is 406 g/mol. The van der Waals surface area contributed by atoms with Crippen LogP contribution in [-0.4, -0.2) is 72.1 Å². The number of nitrogens with one attached hydrogen (secondary N) is 1. The number of methoxy groups -OCH3 is 1. The number of thioether (sulfide) groups is 1. The number of amides is 1. The summed E-state index contributed by atoms with van der Waals surface area (Å²) in [6.45, 7) is 4.39. The Balaban J connectivity index is 2.07. The zero-order chi connectivity index (χ0) is 20.9. The molecule has 2 rings (SSSR count). The number of rotatable bonds is 8. The molecule has 0 aromatic carbocycles. The zero-order valence-corrected chi connectivity index (χ0v) is 17.8. The highest BCUT2D eigenvalue weighted by Gasteiger charge is 2.34. The smallest absolute Gasteiger partial charge is 0.311 e.